The smallest absolute Gasteiger partial charge is 0.335 e. The topological polar surface area (TPSA) is 57.5 Å². The minimum atomic E-state index is -1.00. The molecule has 3 heteroatoms. The molecule has 0 saturated carbocycles. The molecular formula is C14H12O3. The van der Waals surface area contributed by atoms with Crippen LogP contribution in [0, 0.1) is 6.92 Å². The second-order valence-corrected chi connectivity index (χ2v) is 3.85. The Hall–Kier alpha value is -2.29. The molecule has 0 unspecified atom stereocenters. The molecule has 0 atom stereocenters. The molecule has 0 bridgehead atoms. The maximum atomic E-state index is 10.9. The van der Waals surface area contributed by atoms with Gasteiger partial charge in [-0.1, -0.05) is 24.3 Å². The van der Waals surface area contributed by atoms with Crippen LogP contribution in [-0.4, -0.2) is 16.2 Å². The molecule has 0 saturated heterocycles. The molecule has 2 aromatic rings. The van der Waals surface area contributed by atoms with Gasteiger partial charge < -0.3 is 10.2 Å². The Morgan fingerprint density at radius 2 is 1.76 bits per heavy atom. The average molecular weight is 228 g/mol. The summed E-state index contributed by atoms with van der Waals surface area (Å²) in [5.74, 6) is -0.913. The lowest BCUT2D eigenvalue weighted by Crippen LogP contribution is -1.96. The first-order valence-electron chi connectivity index (χ1n) is 5.22. The Morgan fingerprint density at radius 1 is 1.06 bits per heavy atom. The highest BCUT2D eigenvalue weighted by molar-refractivity contribution is 5.90. The second kappa shape index (κ2) is 4.29. The molecular weight excluding hydrogens is 216 g/mol. The van der Waals surface area contributed by atoms with Crippen LogP contribution in [0.5, 0.6) is 5.75 Å². The van der Waals surface area contributed by atoms with Crippen molar-refractivity contribution in [2.24, 2.45) is 0 Å². The SMILES string of the molecule is Cc1ccccc1-c1cc(C(=O)O)ccc1O. The molecule has 0 fully saturated rings. The number of aromatic carboxylic acids is 1. The maximum absolute atomic E-state index is 10.9. The third-order valence-electron chi connectivity index (χ3n) is 2.68. The fraction of sp³-hybridized carbons (Fsp3) is 0.0714. The van der Waals surface area contributed by atoms with Crippen LogP contribution in [-0.2, 0) is 0 Å². The molecule has 86 valence electrons. The quantitative estimate of drug-likeness (QED) is 0.830. The molecule has 0 aliphatic carbocycles. The summed E-state index contributed by atoms with van der Waals surface area (Å²) in [5, 5.41) is 18.7. The van der Waals surface area contributed by atoms with Crippen molar-refractivity contribution in [1.29, 1.82) is 0 Å². The van der Waals surface area contributed by atoms with Gasteiger partial charge in [0, 0.05) is 5.56 Å². The van der Waals surface area contributed by atoms with E-state index >= 15 is 0 Å². The normalized spacial score (nSPS) is 10.2. The Balaban J connectivity index is 2.63. The number of benzene rings is 2. The number of aryl methyl sites for hydroxylation is 1. The van der Waals surface area contributed by atoms with Crippen LogP contribution in [0.2, 0.25) is 0 Å². The minimum absolute atomic E-state index is 0.0873. The van der Waals surface area contributed by atoms with E-state index in [4.69, 9.17) is 5.11 Å². The summed E-state index contributed by atoms with van der Waals surface area (Å²) < 4.78 is 0. The minimum Gasteiger partial charge on any atom is -0.507 e. The zero-order valence-electron chi connectivity index (χ0n) is 9.34. The molecule has 2 aromatic carbocycles. The fourth-order valence-electron chi connectivity index (χ4n) is 1.76. The van der Waals surface area contributed by atoms with Crippen molar-refractivity contribution in [2.45, 2.75) is 6.92 Å². The highest BCUT2D eigenvalue weighted by Gasteiger charge is 2.10. The second-order valence-electron chi connectivity index (χ2n) is 3.85. The van der Waals surface area contributed by atoms with E-state index in [2.05, 4.69) is 0 Å². The first kappa shape index (κ1) is 11.2. The van der Waals surface area contributed by atoms with Gasteiger partial charge in [0.1, 0.15) is 5.75 Å². The number of hydrogen-bond acceptors (Lipinski definition) is 2. The van der Waals surface area contributed by atoms with Gasteiger partial charge in [-0.05, 0) is 36.2 Å². The largest absolute Gasteiger partial charge is 0.507 e. The Labute approximate surface area is 99.0 Å². The van der Waals surface area contributed by atoms with Gasteiger partial charge >= 0.3 is 5.97 Å². The molecule has 0 amide bonds. The lowest BCUT2D eigenvalue weighted by molar-refractivity contribution is 0.0697. The third kappa shape index (κ3) is 2.13. The summed E-state index contributed by atoms with van der Waals surface area (Å²) in [5.41, 5.74) is 2.54. The number of phenols is 1. The van der Waals surface area contributed by atoms with Crippen LogP contribution in [0.25, 0.3) is 11.1 Å². The summed E-state index contributed by atoms with van der Waals surface area (Å²) in [7, 11) is 0. The van der Waals surface area contributed by atoms with Crippen LogP contribution in [0.3, 0.4) is 0 Å². The van der Waals surface area contributed by atoms with Crippen molar-refractivity contribution in [1.82, 2.24) is 0 Å². The lowest BCUT2D eigenvalue weighted by Gasteiger charge is -2.08. The first-order valence-corrected chi connectivity index (χ1v) is 5.22. The van der Waals surface area contributed by atoms with Crippen molar-refractivity contribution in [3.63, 3.8) is 0 Å². The highest BCUT2D eigenvalue weighted by Crippen LogP contribution is 2.32. The molecule has 0 aliphatic rings. The standard InChI is InChI=1S/C14H12O3/c1-9-4-2-3-5-11(9)12-8-10(14(16)17)6-7-13(12)15/h2-8,15H,1H3,(H,16,17). The monoisotopic (exact) mass is 228 g/mol. The summed E-state index contributed by atoms with van der Waals surface area (Å²) in [4.78, 5) is 10.9. The molecule has 17 heavy (non-hydrogen) atoms. The summed E-state index contributed by atoms with van der Waals surface area (Å²) in [6.07, 6.45) is 0. The maximum Gasteiger partial charge on any atom is 0.335 e. The fourth-order valence-corrected chi connectivity index (χ4v) is 1.76. The molecule has 0 spiro atoms. The van der Waals surface area contributed by atoms with Gasteiger partial charge in [-0.3, -0.25) is 0 Å². The third-order valence-corrected chi connectivity index (χ3v) is 2.68. The van der Waals surface area contributed by atoms with E-state index < -0.39 is 5.97 Å². The van der Waals surface area contributed by atoms with Gasteiger partial charge in [0.25, 0.3) is 0 Å². The van der Waals surface area contributed by atoms with Gasteiger partial charge in [-0.25, -0.2) is 4.79 Å². The van der Waals surface area contributed by atoms with Crippen LogP contribution < -0.4 is 0 Å². The molecule has 2 N–H and O–H groups in total. The summed E-state index contributed by atoms with van der Waals surface area (Å²) in [6.45, 7) is 1.92. The number of aromatic hydroxyl groups is 1. The first-order chi connectivity index (χ1) is 8.09. The molecule has 0 heterocycles. The van der Waals surface area contributed by atoms with Gasteiger partial charge in [-0.2, -0.15) is 0 Å². The van der Waals surface area contributed by atoms with Crippen molar-refractivity contribution >= 4 is 5.97 Å². The van der Waals surface area contributed by atoms with E-state index in [9.17, 15) is 9.90 Å². The Morgan fingerprint density at radius 3 is 2.41 bits per heavy atom. The number of phenolic OH excluding ortho intramolecular Hbond substituents is 1. The van der Waals surface area contributed by atoms with Crippen LogP contribution in [0.1, 0.15) is 15.9 Å². The van der Waals surface area contributed by atoms with E-state index in [1.165, 1.54) is 18.2 Å². The predicted octanol–water partition coefficient (Wildman–Crippen LogP) is 3.07. The number of carbonyl (C=O) groups is 1. The zero-order valence-corrected chi connectivity index (χ0v) is 9.34. The lowest BCUT2D eigenvalue weighted by atomic mass is 9.98. The molecule has 2 rings (SSSR count). The van der Waals surface area contributed by atoms with E-state index in [-0.39, 0.29) is 11.3 Å². The van der Waals surface area contributed by atoms with Crippen LogP contribution in [0.15, 0.2) is 42.5 Å². The van der Waals surface area contributed by atoms with Crippen LogP contribution in [0.4, 0.5) is 0 Å². The Bertz CT molecular complexity index is 573. The number of carboxylic acid groups (broad SMARTS) is 1. The molecule has 0 aromatic heterocycles. The van der Waals surface area contributed by atoms with E-state index in [1.807, 2.05) is 31.2 Å². The zero-order chi connectivity index (χ0) is 12.4. The number of carboxylic acids is 1. The van der Waals surface area contributed by atoms with Gasteiger partial charge in [-0.15, -0.1) is 0 Å². The summed E-state index contributed by atoms with van der Waals surface area (Å²) >= 11 is 0. The van der Waals surface area contributed by atoms with Crippen LogP contribution >= 0.6 is 0 Å². The molecule has 0 aliphatic heterocycles. The van der Waals surface area contributed by atoms with Crippen molar-refractivity contribution in [3.05, 3.63) is 53.6 Å². The Kier molecular flexibility index (Phi) is 2.83. The van der Waals surface area contributed by atoms with E-state index in [1.54, 1.807) is 0 Å². The van der Waals surface area contributed by atoms with Crippen molar-refractivity contribution in [2.75, 3.05) is 0 Å². The molecule has 3 nitrogen and oxygen atoms in total. The van der Waals surface area contributed by atoms with E-state index in [0.717, 1.165) is 11.1 Å². The summed E-state index contributed by atoms with van der Waals surface area (Å²) in [6, 6.07) is 11.8. The van der Waals surface area contributed by atoms with E-state index in [0.29, 0.717) is 5.56 Å². The van der Waals surface area contributed by atoms with Crippen molar-refractivity contribution in [3.8, 4) is 16.9 Å². The average Bonchev–Trinajstić information content (AvgIpc) is 2.30. The van der Waals surface area contributed by atoms with Gasteiger partial charge in [0.15, 0.2) is 0 Å². The molecule has 0 radical (unpaired) electrons. The van der Waals surface area contributed by atoms with Crippen molar-refractivity contribution < 1.29 is 15.0 Å². The number of hydrogen-bond donors (Lipinski definition) is 2. The number of rotatable bonds is 2. The van der Waals surface area contributed by atoms with Gasteiger partial charge in [0.2, 0.25) is 0 Å². The predicted molar refractivity (Wildman–Crippen MR) is 65.2 cm³/mol. The van der Waals surface area contributed by atoms with Gasteiger partial charge in [0.05, 0.1) is 5.56 Å². The highest BCUT2D eigenvalue weighted by atomic mass is 16.4.